The van der Waals surface area contributed by atoms with Gasteiger partial charge >= 0.3 is 6.03 Å². The fourth-order valence-electron chi connectivity index (χ4n) is 2.80. The Morgan fingerprint density at radius 1 is 1.38 bits per heavy atom. The highest BCUT2D eigenvalue weighted by atomic mass is 16.5. The molecule has 0 aliphatic carbocycles. The van der Waals surface area contributed by atoms with Crippen molar-refractivity contribution in [3.8, 4) is 6.07 Å². The zero-order chi connectivity index (χ0) is 17.2. The first-order chi connectivity index (χ1) is 11.6. The number of benzene rings is 1. The predicted octanol–water partition coefficient (Wildman–Crippen LogP) is 2.65. The first-order valence-corrected chi connectivity index (χ1v) is 7.61. The summed E-state index contributed by atoms with van der Waals surface area (Å²) in [6.07, 6.45) is 1.55. The fraction of sp³-hybridized carbons (Fsp3) is 0.278. The molecule has 1 aliphatic heterocycles. The standard InChI is InChI=1S/C18H18N4O2/c1-13-14(9-19)8-16(10-20-13)21-17(23)22-11-18(12-22,24-2)15-6-4-3-5-7-15/h3-8,10H,11-12H2,1-2H3,(H,21,23). The summed E-state index contributed by atoms with van der Waals surface area (Å²) >= 11 is 0. The van der Waals surface area contributed by atoms with Crippen LogP contribution in [0.3, 0.4) is 0 Å². The van der Waals surface area contributed by atoms with Crippen molar-refractivity contribution in [3.05, 3.63) is 59.4 Å². The van der Waals surface area contributed by atoms with Crippen molar-refractivity contribution in [2.45, 2.75) is 12.5 Å². The van der Waals surface area contributed by atoms with Gasteiger partial charge in [-0.05, 0) is 18.6 Å². The number of nitrogens with one attached hydrogen (secondary N) is 1. The van der Waals surface area contributed by atoms with Gasteiger partial charge in [0.2, 0.25) is 0 Å². The number of likely N-dealkylation sites (tertiary alicyclic amines) is 1. The topological polar surface area (TPSA) is 78.2 Å². The van der Waals surface area contributed by atoms with Gasteiger partial charge in [0.05, 0.1) is 36.2 Å². The third kappa shape index (κ3) is 2.82. The van der Waals surface area contributed by atoms with Gasteiger partial charge in [-0.15, -0.1) is 0 Å². The number of rotatable bonds is 3. The average molecular weight is 322 g/mol. The number of carbonyl (C=O) groups is 1. The van der Waals surface area contributed by atoms with Gasteiger partial charge in [-0.3, -0.25) is 4.98 Å². The third-order valence-electron chi connectivity index (χ3n) is 4.33. The molecule has 1 aliphatic rings. The number of nitriles is 1. The number of nitrogens with zero attached hydrogens (tertiary/aromatic N) is 3. The van der Waals surface area contributed by atoms with Crippen LogP contribution in [0.15, 0.2) is 42.6 Å². The highest BCUT2D eigenvalue weighted by Crippen LogP contribution is 2.35. The molecule has 0 radical (unpaired) electrons. The lowest BCUT2D eigenvalue weighted by Crippen LogP contribution is -2.63. The van der Waals surface area contributed by atoms with E-state index < -0.39 is 5.60 Å². The largest absolute Gasteiger partial charge is 0.370 e. The average Bonchev–Trinajstić information content (AvgIpc) is 2.57. The Labute approximate surface area is 140 Å². The van der Waals surface area contributed by atoms with Gasteiger partial charge in [0.1, 0.15) is 11.7 Å². The Bertz CT molecular complexity index is 792. The van der Waals surface area contributed by atoms with Gasteiger partial charge in [-0.1, -0.05) is 30.3 Å². The number of aryl methyl sites for hydroxylation is 1. The monoisotopic (exact) mass is 322 g/mol. The zero-order valence-electron chi connectivity index (χ0n) is 13.6. The molecule has 2 amide bonds. The molecule has 1 aromatic heterocycles. The molecular weight excluding hydrogens is 304 g/mol. The number of ether oxygens (including phenoxy) is 1. The number of pyridine rings is 1. The van der Waals surface area contributed by atoms with Crippen LogP contribution in [0.2, 0.25) is 0 Å². The Morgan fingerprint density at radius 2 is 2.08 bits per heavy atom. The van der Waals surface area contributed by atoms with Crippen molar-refractivity contribution in [2.24, 2.45) is 0 Å². The van der Waals surface area contributed by atoms with E-state index in [2.05, 4.69) is 16.4 Å². The molecule has 2 heterocycles. The van der Waals surface area contributed by atoms with Gasteiger partial charge in [0, 0.05) is 7.11 Å². The van der Waals surface area contributed by atoms with Crippen molar-refractivity contribution >= 4 is 11.7 Å². The van der Waals surface area contributed by atoms with E-state index in [0.29, 0.717) is 30.0 Å². The summed E-state index contributed by atoms with van der Waals surface area (Å²) < 4.78 is 5.67. The quantitative estimate of drug-likeness (QED) is 0.942. The van der Waals surface area contributed by atoms with E-state index in [0.717, 1.165) is 5.56 Å². The summed E-state index contributed by atoms with van der Waals surface area (Å²) in [6, 6.07) is 13.3. The van der Waals surface area contributed by atoms with Crippen LogP contribution in [0.5, 0.6) is 0 Å². The number of urea groups is 1. The lowest BCUT2D eigenvalue weighted by molar-refractivity contribution is -0.109. The first-order valence-electron chi connectivity index (χ1n) is 7.61. The van der Waals surface area contributed by atoms with E-state index in [-0.39, 0.29) is 6.03 Å². The van der Waals surface area contributed by atoms with E-state index >= 15 is 0 Å². The van der Waals surface area contributed by atoms with Crippen LogP contribution in [-0.2, 0) is 10.3 Å². The lowest BCUT2D eigenvalue weighted by Gasteiger charge is -2.49. The van der Waals surface area contributed by atoms with Crippen molar-refractivity contribution in [2.75, 3.05) is 25.5 Å². The zero-order valence-corrected chi connectivity index (χ0v) is 13.6. The molecule has 1 N–H and O–H groups in total. The molecule has 1 aromatic carbocycles. The van der Waals surface area contributed by atoms with Gasteiger partial charge in [-0.2, -0.15) is 5.26 Å². The molecule has 1 fully saturated rings. The summed E-state index contributed by atoms with van der Waals surface area (Å²) in [5.41, 5.74) is 2.20. The number of carbonyl (C=O) groups excluding carboxylic acids is 1. The fourth-order valence-corrected chi connectivity index (χ4v) is 2.80. The lowest BCUT2D eigenvalue weighted by atomic mass is 9.86. The number of amides is 2. The summed E-state index contributed by atoms with van der Waals surface area (Å²) in [6.45, 7) is 2.71. The number of methoxy groups -OCH3 is 1. The molecule has 24 heavy (non-hydrogen) atoms. The first kappa shape index (κ1) is 16.0. The van der Waals surface area contributed by atoms with Gasteiger partial charge in [0.15, 0.2) is 0 Å². The number of hydrogen-bond donors (Lipinski definition) is 1. The molecule has 0 unspecified atom stereocenters. The molecule has 0 saturated carbocycles. The van der Waals surface area contributed by atoms with Crippen LogP contribution < -0.4 is 5.32 Å². The van der Waals surface area contributed by atoms with E-state index in [1.165, 1.54) is 0 Å². The Hall–Kier alpha value is -2.91. The van der Waals surface area contributed by atoms with Crippen LogP contribution in [0.25, 0.3) is 0 Å². The van der Waals surface area contributed by atoms with Gasteiger partial charge in [0.25, 0.3) is 0 Å². The number of aromatic nitrogens is 1. The maximum atomic E-state index is 12.4. The predicted molar refractivity (Wildman–Crippen MR) is 89.4 cm³/mol. The Morgan fingerprint density at radius 3 is 2.71 bits per heavy atom. The normalized spacial score (nSPS) is 15.3. The third-order valence-corrected chi connectivity index (χ3v) is 4.33. The molecule has 3 rings (SSSR count). The van der Waals surface area contributed by atoms with E-state index in [4.69, 9.17) is 10.00 Å². The molecule has 2 aromatic rings. The minimum Gasteiger partial charge on any atom is -0.370 e. The second-order valence-electron chi connectivity index (χ2n) is 5.82. The van der Waals surface area contributed by atoms with Gasteiger partial charge < -0.3 is 15.0 Å². The minimum absolute atomic E-state index is 0.229. The molecule has 122 valence electrons. The van der Waals surface area contributed by atoms with Crippen molar-refractivity contribution in [3.63, 3.8) is 0 Å². The van der Waals surface area contributed by atoms with Crippen LogP contribution in [0, 0.1) is 18.3 Å². The number of hydrogen-bond acceptors (Lipinski definition) is 4. The maximum absolute atomic E-state index is 12.4. The van der Waals surface area contributed by atoms with E-state index in [1.807, 2.05) is 30.3 Å². The van der Waals surface area contributed by atoms with Crippen molar-refractivity contribution in [1.29, 1.82) is 5.26 Å². The second-order valence-corrected chi connectivity index (χ2v) is 5.82. The molecule has 1 saturated heterocycles. The molecule has 0 atom stereocenters. The molecule has 6 heteroatoms. The van der Waals surface area contributed by atoms with Crippen LogP contribution >= 0.6 is 0 Å². The molecule has 0 spiro atoms. The van der Waals surface area contributed by atoms with E-state index in [9.17, 15) is 4.79 Å². The summed E-state index contributed by atoms with van der Waals surface area (Å²) in [5, 5.41) is 11.8. The smallest absolute Gasteiger partial charge is 0.322 e. The summed E-state index contributed by atoms with van der Waals surface area (Å²) in [4.78, 5) is 18.2. The van der Waals surface area contributed by atoms with Crippen molar-refractivity contribution in [1.82, 2.24) is 9.88 Å². The van der Waals surface area contributed by atoms with Crippen LogP contribution in [0.4, 0.5) is 10.5 Å². The SMILES string of the molecule is COC1(c2ccccc2)CN(C(=O)Nc2cnc(C)c(C#N)c2)C1. The Kier molecular flexibility index (Phi) is 4.19. The Balaban J connectivity index is 1.67. The summed E-state index contributed by atoms with van der Waals surface area (Å²) in [5.74, 6) is 0. The highest BCUT2D eigenvalue weighted by Gasteiger charge is 2.47. The van der Waals surface area contributed by atoms with Crippen molar-refractivity contribution < 1.29 is 9.53 Å². The molecule has 6 nitrogen and oxygen atoms in total. The van der Waals surface area contributed by atoms with E-state index in [1.54, 1.807) is 31.2 Å². The van der Waals surface area contributed by atoms with Gasteiger partial charge in [-0.25, -0.2) is 4.79 Å². The number of anilines is 1. The molecule has 0 bridgehead atoms. The van der Waals surface area contributed by atoms with Crippen LogP contribution in [0.1, 0.15) is 16.8 Å². The minimum atomic E-state index is -0.456. The second kappa shape index (κ2) is 6.30. The molecular formula is C18H18N4O2. The maximum Gasteiger partial charge on any atom is 0.322 e. The highest BCUT2D eigenvalue weighted by molar-refractivity contribution is 5.90. The van der Waals surface area contributed by atoms with Crippen LogP contribution in [-0.4, -0.2) is 36.1 Å². The summed E-state index contributed by atoms with van der Waals surface area (Å²) in [7, 11) is 1.66.